The zero-order valence-electron chi connectivity index (χ0n) is 12.1. The Morgan fingerprint density at radius 2 is 2.00 bits per heavy atom. The van der Waals surface area contributed by atoms with E-state index in [1.807, 2.05) is 36.4 Å². The molecule has 0 bridgehead atoms. The number of rotatable bonds is 2. The van der Waals surface area contributed by atoms with Crippen LogP contribution in [0.4, 0.5) is 11.4 Å². The van der Waals surface area contributed by atoms with E-state index in [1.54, 1.807) is 18.0 Å². The van der Waals surface area contributed by atoms with Crippen molar-refractivity contribution in [2.45, 2.75) is 12.8 Å². The van der Waals surface area contributed by atoms with Crippen molar-refractivity contribution in [2.24, 2.45) is 0 Å². The van der Waals surface area contributed by atoms with Crippen LogP contribution in [-0.4, -0.2) is 18.9 Å². The summed E-state index contributed by atoms with van der Waals surface area (Å²) in [7, 11) is 1.77. The summed E-state index contributed by atoms with van der Waals surface area (Å²) >= 11 is 3.38. The van der Waals surface area contributed by atoms with Crippen LogP contribution in [0.15, 0.2) is 46.9 Å². The zero-order chi connectivity index (χ0) is 15.7. The van der Waals surface area contributed by atoms with Gasteiger partial charge in [0.25, 0.3) is 5.91 Å². The molecule has 4 nitrogen and oxygen atoms in total. The molecule has 5 heteroatoms. The van der Waals surface area contributed by atoms with Crippen LogP contribution >= 0.6 is 15.9 Å². The first-order chi connectivity index (χ1) is 10.5. The molecule has 2 aromatic carbocycles. The minimum atomic E-state index is -0.152. The zero-order valence-corrected chi connectivity index (χ0v) is 13.7. The molecule has 112 valence electrons. The van der Waals surface area contributed by atoms with Crippen LogP contribution in [0.25, 0.3) is 0 Å². The van der Waals surface area contributed by atoms with E-state index in [1.165, 1.54) is 0 Å². The molecule has 22 heavy (non-hydrogen) atoms. The number of amides is 2. The first kappa shape index (κ1) is 14.8. The number of fused-ring (bicyclic) bond motifs is 1. The normalized spacial score (nSPS) is 13.7. The Labute approximate surface area is 137 Å². The van der Waals surface area contributed by atoms with Crippen molar-refractivity contribution >= 4 is 39.1 Å². The fourth-order valence-electron chi connectivity index (χ4n) is 2.57. The molecule has 0 spiro atoms. The molecule has 1 aliphatic rings. The third-order valence-electron chi connectivity index (χ3n) is 3.77. The largest absolute Gasteiger partial charge is 0.322 e. The quantitative estimate of drug-likeness (QED) is 0.891. The van der Waals surface area contributed by atoms with Gasteiger partial charge in [-0.25, -0.2) is 0 Å². The van der Waals surface area contributed by atoms with E-state index in [-0.39, 0.29) is 11.8 Å². The second-order valence-corrected chi connectivity index (χ2v) is 6.18. The number of nitrogens with zero attached hydrogens (tertiary/aromatic N) is 1. The lowest BCUT2D eigenvalue weighted by atomic mass is 9.99. The Morgan fingerprint density at radius 1 is 1.18 bits per heavy atom. The molecule has 1 heterocycles. The Kier molecular flexibility index (Phi) is 3.98. The average molecular weight is 359 g/mol. The standard InChI is InChI=1S/C17H15BrN2O2/c1-20-15-7-5-12(9-11(15)6-8-16(20)21)17(22)19-14-4-2-3-13(18)10-14/h2-5,7,9-10H,6,8H2,1H3,(H,19,22). The van der Waals surface area contributed by atoms with Crippen molar-refractivity contribution in [2.75, 3.05) is 17.3 Å². The number of anilines is 2. The van der Waals surface area contributed by atoms with E-state index >= 15 is 0 Å². The molecule has 0 saturated carbocycles. The number of hydrogen-bond acceptors (Lipinski definition) is 2. The summed E-state index contributed by atoms with van der Waals surface area (Å²) in [5, 5.41) is 2.88. The Morgan fingerprint density at radius 3 is 2.77 bits per heavy atom. The molecule has 2 aromatic rings. The van der Waals surface area contributed by atoms with Gasteiger partial charge in [-0.15, -0.1) is 0 Å². The van der Waals surface area contributed by atoms with Gasteiger partial charge in [0.1, 0.15) is 0 Å². The Hall–Kier alpha value is -2.14. The third-order valence-corrected chi connectivity index (χ3v) is 4.26. The lowest BCUT2D eigenvalue weighted by molar-refractivity contribution is -0.118. The van der Waals surface area contributed by atoms with E-state index in [2.05, 4.69) is 21.2 Å². The molecule has 0 radical (unpaired) electrons. The van der Waals surface area contributed by atoms with Gasteiger partial charge in [-0.05, 0) is 48.4 Å². The summed E-state index contributed by atoms with van der Waals surface area (Å²) in [4.78, 5) is 25.7. The van der Waals surface area contributed by atoms with Crippen molar-refractivity contribution in [3.63, 3.8) is 0 Å². The summed E-state index contributed by atoms with van der Waals surface area (Å²) < 4.78 is 0.913. The molecule has 2 amide bonds. The van der Waals surface area contributed by atoms with Crippen molar-refractivity contribution in [1.82, 2.24) is 0 Å². The van der Waals surface area contributed by atoms with Crippen molar-refractivity contribution in [1.29, 1.82) is 0 Å². The Bertz CT molecular complexity index is 758. The van der Waals surface area contributed by atoms with Crippen LogP contribution in [0.2, 0.25) is 0 Å². The molecule has 1 aliphatic heterocycles. The maximum atomic E-state index is 12.4. The lowest BCUT2D eigenvalue weighted by Gasteiger charge is -2.26. The van der Waals surface area contributed by atoms with E-state index in [9.17, 15) is 9.59 Å². The van der Waals surface area contributed by atoms with Gasteiger partial charge in [0.15, 0.2) is 0 Å². The average Bonchev–Trinajstić information content (AvgIpc) is 2.50. The molecule has 1 N–H and O–H groups in total. The van der Waals surface area contributed by atoms with Crippen LogP contribution in [0.1, 0.15) is 22.3 Å². The minimum Gasteiger partial charge on any atom is -0.322 e. The molecular weight excluding hydrogens is 344 g/mol. The molecule has 0 unspecified atom stereocenters. The number of hydrogen-bond donors (Lipinski definition) is 1. The van der Waals surface area contributed by atoms with Crippen LogP contribution in [0.3, 0.4) is 0 Å². The minimum absolute atomic E-state index is 0.110. The Balaban J connectivity index is 1.83. The van der Waals surface area contributed by atoms with E-state index < -0.39 is 0 Å². The lowest BCUT2D eigenvalue weighted by Crippen LogP contribution is -2.31. The second-order valence-electron chi connectivity index (χ2n) is 5.26. The molecule has 0 saturated heterocycles. The van der Waals surface area contributed by atoms with E-state index in [0.717, 1.165) is 21.4 Å². The first-order valence-corrected chi connectivity index (χ1v) is 7.80. The number of carbonyl (C=O) groups is 2. The predicted molar refractivity (Wildman–Crippen MR) is 90.3 cm³/mol. The van der Waals surface area contributed by atoms with Gasteiger partial charge in [0.05, 0.1) is 0 Å². The van der Waals surface area contributed by atoms with Crippen molar-refractivity contribution in [3.05, 3.63) is 58.1 Å². The maximum absolute atomic E-state index is 12.4. The monoisotopic (exact) mass is 358 g/mol. The number of nitrogens with one attached hydrogen (secondary N) is 1. The van der Waals surface area contributed by atoms with Crippen LogP contribution < -0.4 is 10.2 Å². The van der Waals surface area contributed by atoms with Crippen LogP contribution in [-0.2, 0) is 11.2 Å². The fourth-order valence-corrected chi connectivity index (χ4v) is 2.97. The highest BCUT2D eigenvalue weighted by Gasteiger charge is 2.21. The van der Waals surface area contributed by atoms with Gasteiger partial charge >= 0.3 is 0 Å². The summed E-state index contributed by atoms with van der Waals surface area (Å²) in [6, 6.07) is 12.9. The van der Waals surface area contributed by atoms with Gasteiger partial charge in [0.2, 0.25) is 5.91 Å². The highest BCUT2D eigenvalue weighted by Crippen LogP contribution is 2.28. The summed E-state index contributed by atoms with van der Waals surface area (Å²) in [6.45, 7) is 0. The number of carbonyl (C=O) groups excluding carboxylic acids is 2. The highest BCUT2D eigenvalue weighted by molar-refractivity contribution is 9.10. The predicted octanol–water partition coefficient (Wildman–Crippen LogP) is 3.61. The van der Waals surface area contributed by atoms with E-state index in [4.69, 9.17) is 0 Å². The fraction of sp³-hybridized carbons (Fsp3) is 0.176. The van der Waals surface area contributed by atoms with E-state index in [0.29, 0.717) is 18.4 Å². The molecule has 0 fully saturated rings. The van der Waals surface area contributed by atoms with Crippen molar-refractivity contribution in [3.8, 4) is 0 Å². The third kappa shape index (κ3) is 2.90. The second kappa shape index (κ2) is 5.93. The molecule has 0 atom stereocenters. The number of aryl methyl sites for hydroxylation is 1. The maximum Gasteiger partial charge on any atom is 0.255 e. The summed E-state index contributed by atoms with van der Waals surface area (Å²) in [5.74, 6) is -0.0423. The highest BCUT2D eigenvalue weighted by atomic mass is 79.9. The van der Waals surface area contributed by atoms with Gasteiger partial charge in [-0.3, -0.25) is 9.59 Å². The molecule has 0 aliphatic carbocycles. The molecule has 0 aromatic heterocycles. The smallest absolute Gasteiger partial charge is 0.255 e. The first-order valence-electron chi connectivity index (χ1n) is 7.01. The summed E-state index contributed by atoms with van der Waals surface area (Å²) in [5.41, 5.74) is 3.25. The van der Waals surface area contributed by atoms with Gasteiger partial charge < -0.3 is 10.2 Å². The number of benzene rings is 2. The van der Waals surface area contributed by atoms with Gasteiger partial charge in [-0.1, -0.05) is 22.0 Å². The summed E-state index contributed by atoms with van der Waals surface area (Å²) in [6.07, 6.45) is 1.16. The molecule has 3 rings (SSSR count). The van der Waals surface area contributed by atoms with Crippen LogP contribution in [0, 0.1) is 0 Å². The SMILES string of the molecule is CN1C(=O)CCc2cc(C(=O)Nc3cccc(Br)c3)ccc21. The van der Waals surface area contributed by atoms with Gasteiger partial charge in [-0.2, -0.15) is 0 Å². The van der Waals surface area contributed by atoms with Crippen molar-refractivity contribution < 1.29 is 9.59 Å². The van der Waals surface area contributed by atoms with Gasteiger partial charge in [0, 0.05) is 34.9 Å². The molecular formula is C17H15BrN2O2. The van der Waals surface area contributed by atoms with Crippen LogP contribution in [0.5, 0.6) is 0 Å². The number of halogens is 1. The topological polar surface area (TPSA) is 49.4 Å².